The molecule has 0 aliphatic carbocycles. The van der Waals surface area contributed by atoms with E-state index in [1.165, 1.54) is 43.3 Å². The Kier molecular flexibility index (Phi) is 4.23. The van der Waals surface area contributed by atoms with Gasteiger partial charge in [0.25, 0.3) is 5.91 Å². The van der Waals surface area contributed by atoms with Crippen LogP contribution in [-0.2, 0) is 0 Å². The summed E-state index contributed by atoms with van der Waals surface area (Å²) in [7, 11) is 0. The molecule has 2 rings (SSSR count). The smallest absolute Gasteiger partial charge is 0.337 e. The third kappa shape index (κ3) is 3.20. The van der Waals surface area contributed by atoms with Crippen molar-refractivity contribution in [3.8, 4) is 0 Å². The summed E-state index contributed by atoms with van der Waals surface area (Å²) in [5, 5.41) is 11.7. The molecule has 0 saturated carbocycles. The maximum Gasteiger partial charge on any atom is 0.337 e. The number of para-hydroxylation sites is 1. The number of amides is 1. The molecule has 21 heavy (non-hydrogen) atoms. The van der Waals surface area contributed by atoms with Crippen LogP contribution in [0.3, 0.4) is 0 Å². The van der Waals surface area contributed by atoms with Crippen LogP contribution in [0.5, 0.6) is 0 Å². The van der Waals surface area contributed by atoms with Crippen LogP contribution in [0, 0.1) is 12.7 Å². The highest BCUT2D eigenvalue weighted by Gasteiger charge is 2.16. The number of carboxylic acid groups (broad SMARTS) is 1. The fourth-order valence-corrected chi connectivity index (χ4v) is 2.02. The Morgan fingerprint density at radius 2 is 1.95 bits per heavy atom. The summed E-state index contributed by atoms with van der Waals surface area (Å²) in [4.78, 5) is 23.3. The van der Waals surface area contributed by atoms with Gasteiger partial charge in [-0.05, 0) is 42.8 Å². The predicted molar refractivity (Wildman–Crippen MR) is 77.5 cm³/mol. The minimum atomic E-state index is -1.21. The second kappa shape index (κ2) is 5.93. The number of halogens is 2. The number of carbonyl (C=O) groups is 2. The van der Waals surface area contributed by atoms with E-state index in [0.29, 0.717) is 5.56 Å². The van der Waals surface area contributed by atoms with Crippen molar-refractivity contribution in [3.63, 3.8) is 0 Å². The molecular weight excluding hydrogens is 297 g/mol. The van der Waals surface area contributed by atoms with Crippen LogP contribution in [0.25, 0.3) is 0 Å². The van der Waals surface area contributed by atoms with Crippen molar-refractivity contribution in [2.45, 2.75) is 6.92 Å². The van der Waals surface area contributed by atoms with Gasteiger partial charge in [0.05, 0.1) is 16.3 Å². The molecule has 2 N–H and O–H groups in total. The molecule has 4 nitrogen and oxygen atoms in total. The van der Waals surface area contributed by atoms with Crippen LogP contribution >= 0.6 is 11.6 Å². The molecule has 0 atom stereocenters. The van der Waals surface area contributed by atoms with Gasteiger partial charge in [0, 0.05) is 5.56 Å². The number of hydrogen-bond donors (Lipinski definition) is 2. The second-order valence-electron chi connectivity index (χ2n) is 4.39. The van der Waals surface area contributed by atoms with Gasteiger partial charge in [-0.25, -0.2) is 9.18 Å². The van der Waals surface area contributed by atoms with Gasteiger partial charge in [-0.15, -0.1) is 0 Å². The van der Waals surface area contributed by atoms with E-state index in [1.807, 2.05) is 0 Å². The van der Waals surface area contributed by atoms with E-state index in [9.17, 15) is 14.0 Å². The molecule has 0 bridgehead atoms. The third-order valence-electron chi connectivity index (χ3n) is 2.90. The average molecular weight is 308 g/mol. The van der Waals surface area contributed by atoms with Crippen molar-refractivity contribution in [1.29, 1.82) is 0 Å². The van der Waals surface area contributed by atoms with Crippen molar-refractivity contribution in [2.75, 3.05) is 5.32 Å². The second-order valence-corrected chi connectivity index (χ2v) is 4.79. The minimum Gasteiger partial charge on any atom is -0.478 e. The molecule has 0 radical (unpaired) electrons. The number of aromatic carboxylic acids is 1. The van der Waals surface area contributed by atoms with Gasteiger partial charge in [-0.2, -0.15) is 0 Å². The van der Waals surface area contributed by atoms with Crippen molar-refractivity contribution >= 4 is 29.2 Å². The molecule has 0 fully saturated rings. The van der Waals surface area contributed by atoms with Crippen LogP contribution in [0.15, 0.2) is 36.4 Å². The zero-order chi connectivity index (χ0) is 15.6. The lowest BCUT2D eigenvalue weighted by molar-refractivity contribution is 0.0698. The zero-order valence-corrected chi connectivity index (χ0v) is 11.7. The van der Waals surface area contributed by atoms with Gasteiger partial charge in [-0.3, -0.25) is 4.79 Å². The van der Waals surface area contributed by atoms with E-state index in [4.69, 9.17) is 16.7 Å². The average Bonchev–Trinajstić information content (AvgIpc) is 2.43. The van der Waals surface area contributed by atoms with Crippen molar-refractivity contribution < 1.29 is 19.1 Å². The van der Waals surface area contributed by atoms with E-state index >= 15 is 0 Å². The van der Waals surface area contributed by atoms with Crippen molar-refractivity contribution in [1.82, 2.24) is 0 Å². The molecular formula is C15H11ClFNO3. The van der Waals surface area contributed by atoms with Gasteiger partial charge in [-0.1, -0.05) is 17.7 Å². The molecule has 0 aliphatic heterocycles. The molecule has 0 spiro atoms. The Balaban J connectivity index is 2.36. The Labute approximate surface area is 125 Å². The zero-order valence-electron chi connectivity index (χ0n) is 11.0. The Hall–Kier alpha value is -2.40. The maximum absolute atomic E-state index is 13.2. The normalized spacial score (nSPS) is 10.2. The summed E-state index contributed by atoms with van der Waals surface area (Å²) in [6.07, 6.45) is 0. The number of rotatable bonds is 3. The molecule has 0 aliphatic rings. The third-order valence-corrected chi connectivity index (χ3v) is 3.22. The lowest BCUT2D eigenvalue weighted by Gasteiger charge is -2.10. The molecule has 1 amide bonds. The van der Waals surface area contributed by atoms with Crippen LogP contribution in [0.1, 0.15) is 26.3 Å². The quantitative estimate of drug-likeness (QED) is 0.907. The standard InChI is InChI=1S/C15H11ClFNO3/c1-8-7-9(5-6-12(8)17)14(19)18-13-10(15(20)21)3-2-4-11(13)16/h2-7H,1H3,(H,18,19)(H,20,21). The first-order chi connectivity index (χ1) is 9.90. The first-order valence-electron chi connectivity index (χ1n) is 5.99. The SMILES string of the molecule is Cc1cc(C(=O)Nc2c(Cl)cccc2C(=O)O)ccc1F. The molecule has 2 aromatic carbocycles. The van der Waals surface area contributed by atoms with E-state index in [1.54, 1.807) is 0 Å². The summed E-state index contributed by atoms with van der Waals surface area (Å²) >= 11 is 5.92. The van der Waals surface area contributed by atoms with E-state index in [-0.39, 0.29) is 21.8 Å². The van der Waals surface area contributed by atoms with E-state index < -0.39 is 17.7 Å². The monoisotopic (exact) mass is 307 g/mol. The highest BCUT2D eigenvalue weighted by Crippen LogP contribution is 2.26. The van der Waals surface area contributed by atoms with Crippen LogP contribution in [0.4, 0.5) is 10.1 Å². The van der Waals surface area contributed by atoms with Crippen LogP contribution in [0.2, 0.25) is 5.02 Å². The number of anilines is 1. The predicted octanol–water partition coefficient (Wildman–Crippen LogP) is 3.74. The van der Waals surface area contributed by atoms with Gasteiger partial charge in [0.2, 0.25) is 0 Å². The number of carbonyl (C=O) groups excluding carboxylic acids is 1. The first-order valence-corrected chi connectivity index (χ1v) is 6.37. The lowest BCUT2D eigenvalue weighted by Crippen LogP contribution is -2.15. The molecule has 0 unspecified atom stereocenters. The largest absolute Gasteiger partial charge is 0.478 e. The van der Waals surface area contributed by atoms with E-state index in [2.05, 4.69) is 5.32 Å². The molecule has 0 heterocycles. The molecule has 0 aromatic heterocycles. The number of aryl methyl sites for hydroxylation is 1. The van der Waals surface area contributed by atoms with Crippen LogP contribution in [-0.4, -0.2) is 17.0 Å². The Morgan fingerprint density at radius 3 is 2.57 bits per heavy atom. The Morgan fingerprint density at radius 1 is 1.24 bits per heavy atom. The topological polar surface area (TPSA) is 66.4 Å². The Bertz CT molecular complexity index is 731. The number of benzene rings is 2. The molecule has 2 aromatic rings. The molecule has 0 saturated heterocycles. The fraction of sp³-hybridized carbons (Fsp3) is 0.0667. The van der Waals surface area contributed by atoms with Gasteiger partial charge in [0.15, 0.2) is 0 Å². The number of carboxylic acids is 1. The lowest BCUT2D eigenvalue weighted by atomic mass is 10.1. The van der Waals surface area contributed by atoms with E-state index in [0.717, 1.165) is 0 Å². The summed E-state index contributed by atoms with van der Waals surface area (Å²) in [5.41, 5.74) is 0.429. The van der Waals surface area contributed by atoms with Crippen molar-refractivity contribution in [2.24, 2.45) is 0 Å². The first kappa shape index (κ1) is 15.0. The van der Waals surface area contributed by atoms with Gasteiger partial charge < -0.3 is 10.4 Å². The maximum atomic E-state index is 13.2. The highest BCUT2D eigenvalue weighted by molar-refractivity contribution is 6.34. The summed E-state index contributed by atoms with van der Waals surface area (Å²) in [5.74, 6) is -2.19. The summed E-state index contributed by atoms with van der Waals surface area (Å²) in [6, 6.07) is 8.15. The highest BCUT2D eigenvalue weighted by atomic mass is 35.5. The minimum absolute atomic E-state index is 0.0126. The number of hydrogen-bond acceptors (Lipinski definition) is 2. The van der Waals surface area contributed by atoms with Gasteiger partial charge in [0.1, 0.15) is 5.82 Å². The molecule has 6 heteroatoms. The van der Waals surface area contributed by atoms with Crippen molar-refractivity contribution in [3.05, 3.63) is 63.9 Å². The van der Waals surface area contributed by atoms with Gasteiger partial charge >= 0.3 is 5.97 Å². The van der Waals surface area contributed by atoms with Crippen LogP contribution < -0.4 is 5.32 Å². The summed E-state index contributed by atoms with van der Waals surface area (Å²) < 4.78 is 13.2. The molecule has 108 valence electrons. The number of nitrogens with one attached hydrogen (secondary N) is 1. The summed E-state index contributed by atoms with van der Waals surface area (Å²) in [6.45, 7) is 1.53. The fourth-order valence-electron chi connectivity index (χ4n) is 1.80.